The van der Waals surface area contributed by atoms with Crippen molar-refractivity contribution in [3.63, 3.8) is 0 Å². The van der Waals surface area contributed by atoms with Crippen molar-refractivity contribution < 1.29 is 80.2 Å². The molecule has 2 unspecified atom stereocenters. The van der Waals surface area contributed by atoms with E-state index in [1.165, 1.54) is 238 Å². The van der Waals surface area contributed by atoms with Gasteiger partial charge in [-0.15, -0.1) is 0 Å². The summed E-state index contributed by atoms with van der Waals surface area (Å²) in [5.74, 6) is -2.11. The standard InChI is InChI=1S/C76H148O17P2/c1-5-9-13-17-21-25-29-31-32-33-34-35-36-37-38-39-43-47-51-55-59-63-76(81)93-72(67-87-74(79)61-57-53-49-45-42-30-26-22-18-14-10-6-2)69-91-95(84,85)89-65-70(77)64-88-94(82,83)90-68-71(92-75(80)62-58-54-50-46-41-28-24-20-16-12-8-4)66-86-73(78)60-56-52-48-44-40-27-23-19-15-11-7-3/h70-72,77H,5-69H2,1-4H3,(H,82,83)(H,84,85)/t70-,71+,72+/m0/s1. The molecule has 0 aliphatic rings. The summed E-state index contributed by atoms with van der Waals surface area (Å²) in [7, 11) is -9.90. The number of carbonyl (C=O) groups is 4. The van der Waals surface area contributed by atoms with Gasteiger partial charge in [0.1, 0.15) is 19.3 Å². The van der Waals surface area contributed by atoms with Gasteiger partial charge in [-0.1, -0.05) is 355 Å². The summed E-state index contributed by atoms with van der Waals surface area (Å²) in [6, 6.07) is 0. The van der Waals surface area contributed by atoms with Gasteiger partial charge < -0.3 is 33.8 Å². The quantitative estimate of drug-likeness (QED) is 0.0222. The van der Waals surface area contributed by atoms with E-state index in [-0.39, 0.29) is 25.7 Å². The van der Waals surface area contributed by atoms with E-state index in [4.69, 9.17) is 37.0 Å². The molecule has 19 heteroatoms. The topological polar surface area (TPSA) is 237 Å². The zero-order valence-corrected chi connectivity index (χ0v) is 63.4. The van der Waals surface area contributed by atoms with Gasteiger partial charge in [0.05, 0.1) is 26.4 Å². The molecule has 0 spiro atoms. The van der Waals surface area contributed by atoms with Crippen molar-refractivity contribution in [2.24, 2.45) is 0 Å². The average Bonchev–Trinajstić information content (AvgIpc) is 1.59. The molecule has 0 rings (SSSR count). The van der Waals surface area contributed by atoms with E-state index in [1.54, 1.807) is 0 Å². The molecule has 0 aliphatic heterocycles. The van der Waals surface area contributed by atoms with Crippen LogP contribution in [-0.4, -0.2) is 96.7 Å². The van der Waals surface area contributed by atoms with E-state index in [9.17, 15) is 43.2 Å². The van der Waals surface area contributed by atoms with E-state index in [2.05, 4.69) is 27.7 Å². The molecule has 0 bridgehead atoms. The number of phosphoric acid groups is 2. The molecule has 95 heavy (non-hydrogen) atoms. The van der Waals surface area contributed by atoms with Crippen LogP contribution >= 0.6 is 15.6 Å². The number of aliphatic hydroxyl groups excluding tert-OH is 1. The van der Waals surface area contributed by atoms with Gasteiger partial charge in [0.15, 0.2) is 12.2 Å². The monoisotopic (exact) mass is 1400 g/mol. The summed E-state index contributed by atoms with van der Waals surface area (Å²) in [5, 5.41) is 10.6. The van der Waals surface area contributed by atoms with Crippen LogP contribution in [0.3, 0.4) is 0 Å². The van der Waals surface area contributed by atoms with Crippen molar-refractivity contribution in [1.82, 2.24) is 0 Å². The molecule has 0 aromatic carbocycles. The molecule has 5 atom stereocenters. The predicted octanol–water partition coefficient (Wildman–Crippen LogP) is 22.6. The van der Waals surface area contributed by atoms with Gasteiger partial charge in [0.25, 0.3) is 0 Å². The fraction of sp³-hybridized carbons (Fsp3) is 0.947. The largest absolute Gasteiger partial charge is 0.472 e. The molecule has 0 amide bonds. The number of ether oxygens (including phenoxy) is 4. The normalized spacial score (nSPS) is 13.9. The van der Waals surface area contributed by atoms with Gasteiger partial charge >= 0.3 is 39.5 Å². The highest BCUT2D eigenvalue weighted by Crippen LogP contribution is 2.45. The van der Waals surface area contributed by atoms with Gasteiger partial charge in [-0.25, -0.2) is 9.13 Å². The molecule has 564 valence electrons. The maximum atomic E-state index is 13.1. The molecule has 0 aliphatic carbocycles. The Bertz CT molecular complexity index is 1810. The van der Waals surface area contributed by atoms with Crippen molar-refractivity contribution in [2.75, 3.05) is 39.6 Å². The number of carbonyl (C=O) groups excluding carboxylic acids is 4. The highest BCUT2D eigenvalue weighted by atomic mass is 31.2. The lowest BCUT2D eigenvalue weighted by Gasteiger charge is -2.21. The third-order valence-corrected chi connectivity index (χ3v) is 19.8. The van der Waals surface area contributed by atoms with Crippen LogP contribution in [0.15, 0.2) is 0 Å². The molecule has 0 saturated heterocycles. The van der Waals surface area contributed by atoms with E-state index >= 15 is 0 Å². The summed E-state index contributed by atoms with van der Waals surface area (Å²) in [4.78, 5) is 72.7. The zero-order chi connectivity index (χ0) is 69.7. The Hall–Kier alpha value is -1.94. The molecule has 0 aromatic rings. The Kier molecular flexibility index (Phi) is 69.1. The van der Waals surface area contributed by atoms with E-state index in [0.29, 0.717) is 25.7 Å². The van der Waals surface area contributed by atoms with E-state index < -0.39 is 97.5 Å². The molecule has 17 nitrogen and oxygen atoms in total. The summed E-state index contributed by atoms with van der Waals surface area (Å²) in [6.45, 7) is 4.98. The van der Waals surface area contributed by atoms with Crippen molar-refractivity contribution in [3.05, 3.63) is 0 Å². The van der Waals surface area contributed by atoms with Crippen LogP contribution in [0.5, 0.6) is 0 Å². The SMILES string of the molecule is CCCCCCCCCCCCCCCCCCCCCCCC(=O)O[C@H](COC(=O)CCCCCCCCCCCCCC)COP(=O)(O)OC[C@@H](O)COP(=O)(O)OC[C@@H](COC(=O)CCCCCCCCCCCCC)OC(=O)CCCCCCCCCCCCC. The van der Waals surface area contributed by atoms with Crippen LogP contribution in [0.1, 0.15) is 407 Å². The van der Waals surface area contributed by atoms with Gasteiger partial charge in [-0.3, -0.25) is 37.3 Å². The molecule has 0 aromatic heterocycles. The lowest BCUT2D eigenvalue weighted by Crippen LogP contribution is -2.30. The highest BCUT2D eigenvalue weighted by molar-refractivity contribution is 7.47. The lowest BCUT2D eigenvalue weighted by atomic mass is 10.0. The molecule has 0 saturated carbocycles. The molecule has 3 N–H and O–H groups in total. The minimum absolute atomic E-state index is 0.108. The number of phosphoric ester groups is 2. The van der Waals surface area contributed by atoms with Crippen LogP contribution in [0.4, 0.5) is 0 Å². The Morgan fingerprint density at radius 1 is 0.253 bits per heavy atom. The van der Waals surface area contributed by atoms with E-state index in [1.807, 2.05) is 0 Å². The summed E-state index contributed by atoms with van der Waals surface area (Å²) < 4.78 is 68.5. The fourth-order valence-corrected chi connectivity index (χ4v) is 13.3. The number of hydrogen-bond acceptors (Lipinski definition) is 15. The minimum Gasteiger partial charge on any atom is -0.462 e. The fourth-order valence-electron chi connectivity index (χ4n) is 11.8. The molecule has 0 radical (unpaired) electrons. The van der Waals surface area contributed by atoms with Crippen molar-refractivity contribution >= 4 is 39.5 Å². The Balaban J connectivity index is 5.18. The highest BCUT2D eigenvalue weighted by Gasteiger charge is 2.30. The average molecular weight is 1400 g/mol. The van der Waals surface area contributed by atoms with Crippen LogP contribution in [-0.2, 0) is 65.4 Å². The molecule has 0 heterocycles. The second-order valence-electron chi connectivity index (χ2n) is 27.4. The Morgan fingerprint density at radius 3 is 0.621 bits per heavy atom. The van der Waals surface area contributed by atoms with Gasteiger partial charge in [-0.05, 0) is 25.7 Å². The second kappa shape index (κ2) is 70.5. The Morgan fingerprint density at radius 2 is 0.421 bits per heavy atom. The first kappa shape index (κ1) is 93.1. The third kappa shape index (κ3) is 70.3. The van der Waals surface area contributed by atoms with Gasteiger partial charge in [-0.2, -0.15) is 0 Å². The first-order chi connectivity index (χ1) is 46.2. The van der Waals surface area contributed by atoms with Crippen molar-refractivity contribution in [3.8, 4) is 0 Å². The van der Waals surface area contributed by atoms with Crippen LogP contribution in [0.2, 0.25) is 0 Å². The Labute approximate surface area is 581 Å². The first-order valence-electron chi connectivity index (χ1n) is 39.8. The van der Waals surface area contributed by atoms with Gasteiger partial charge in [0, 0.05) is 25.7 Å². The number of hydrogen-bond donors (Lipinski definition) is 3. The minimum atomic E-state index is -4.95. The van der Waals surface area contributed by atoms with Crippen LogP contribution in [0.25, 0.3) is 0 Å². The summed E-state index contributed by atoms with van der Waals surface area (Å²) in [6.07, 6.45) is 61.0. The zero-order valence-electron chi connectivity index (χ0n) is 61.6. The van der Waals surface area contributed by atoms with Crippen LogP contribution in [0, 0.1) is 0 Å². The summed E-state index contributed by atoms with van der Waals surface area (Å²) >= 11 is 0. The maximum absolute atomic E-state index is 13.1. The van der Waals surface area contributed by atoms with Crippen LogP contribution < -0.4 is 0 Å². The lowest BCUT2D eigenvalue weighted by molar-refractivity contribution is -0.161. The first-order valence-corrected chi connectivity index (χ1v) is 42.8. The number of rotatable bonds is 77. The predicted molar refractivity (Wildman–Crippen MR) is 386 cm³/mol. The van der Waals surface area contributed by atoms with Crippen molar-refractivity contribution in [1.29, 1.82) is 0 Å². The smallest absolute Gasteiger partial charge is 0.462 e. The number of unbranched alkanes of at least 4 members (excludes halogenated alkanes) is 51. The van der Waals surface area contributed by atoms with Gasteiger partial charge in [0.2, 0.25) is 0 Å². The van der Waals surface area contributed by atoms with E-state index in [0.717, 1.165) is 89.9 Å². The number of aliphatic hydroxyl groups is 1. The molecular weight excluding hydrogens is 1250 g/mol. The van der Waals surface area contributed by atoms with Crippen molar-refractivity contribution in [2.45, 2.75) is 425 Å². The second-order valence-corrected chi connectivity index (χ2v) is 30.3. The maximum Gasteiger partial charge on any atom is 0.472 e. The third-order valence-electron chi connectivity index (χ3n) is 17.9. The number of esters is 4. The molecule has 0 fully saturated rings. The summed E-state index contributed by atoms with van der Waals surface area (Å²) in [5.41, 5.74) is 0. The molecular formula is C76H148O17P2.